The molecule has 0 spiro atoms. The maximum Gasteiger partial charge on any atom is 0.326 e. The van der Waals surface area contributed by atoms with Crippen LogP contribution in [-0.4, -0.2) is 69.7 Å². The molecule has 12 heteroatoms. The van der Waals surface area contributed by atoms with Crippen molar-refractivity contribution in [3.8, 4) is 0 Å². The van der Waals surface area contributed by atoms with Crippen molar-refractivity contribution < 1.29 is 39.3 Å². The second kappa shape index (κ2) is 9.32. The number of carboxylic acid groups (broad SMARTS) is 2. The summed E-state index contributed by atoms with van der Waals surface area (Å²) in [6, 6.07) is -4.69. The summed E-state index contributed by atoms with van der Waals surface area (Å²) in [6.07, 6.45) is -1.58. The molecular weight excluding hydrogens is 316 g/mol. The van der Waals surface area contributed by atoms with Gasteiger partial charge in [0.1, 0.15) is 18.1 Å². The maximum absolute atomic E-state index is 11.9. The number of carbonyl (C=O) groups excluding carboxylic acids is 3. The van der Waals surface area contributed by atoms with Crippen molar-refractivity contribution >= 4 is 29.7 Å². The third kappa shape index (κ3) is 7.73. The zero-order valence-corrected chi connectivity index (χ0v) is 11.9. The van der Waals surface area contributed by atoms with Gasteiger partial charge >= 0.3 is 11.9 Å². The molecule has 3 atom stereocenters. The third-order valence-corrected chi connectivity index (χ3v) is 2.57. The molecule has 0 aromatic carbocycles. The molecule has 0 heterocycles. The van der Waals surface area contributed by atoms with Gasteiger partial charge in [0.05, 0.1) is 19.4 Å². The van der Waals surface area contributed by atoms with E-state index in [1.54, 1.807) is 0 Å². The summed E-state index contributed by atoms with van der Waals surface area (Å²) in [4.78, 5) is 55.8. The summed E-state index contributed by atoms with van der Waals surface area (Å²) in [7, 11) is 0. The zero-order valence-electron chi connectivity index (χ0n) is 11.9. The van der Waals surface area contributed by atoms with Crippen molar-refractivity contribution in [1.82, 2.24) is 10.6 Å². The Kier molecular flexibility index (Phi) is 8.21. The summed E-state index contributed by atoms with van der Waals surface area (Å²) in [5.41, 5.74) is 10.2. The van der Waals surface area contributed by atoms with E-state index in [1.165, 1.54) is 0 Å². The van der Waals surface area contributed by atoms with E-state index in [2.05, 4.69) is 0 Å². The third-order valence-electron chi connectivity index (χ3n) is 2.57. The Morgan fingerprint density at radius 2 is 1.43 bits per heavy atom. The lowest BCUT2D eigenvalue weighted by Crippen LogP contribution is -2.56. The van der Waals surface area contributed by atoms with Gasteiger partial charge in [0.2, 0.25) is 17.7 Å². The fourth-order valence-electron chi connectivity index (χ4n) is 1.42. The van der Waals surface area contributed by atoms with E-state index >= 15 is 0 Å². The van der Waals surface area contributed by atoms with Crippen molar-refractivity contribution in [1.29, 1.82) is 0 Å². The van der Waals surface area contributed by atoms with E-state index in [0.717, 1.165) is 0 Å². The molecule has 130 valence electrons. The molecule has 0 aliphatic carbocycles. The van der Waals surface area contributed by atoms with Crippen LogP contribution in [0.2, 0.25) is 0 Å². The lowest BCUT2D eigenvalue weighted by Gasteiger charge is -2.21. The van der Waals surface area contributed by atoms with Crippen LogP contribution in [0.5, 0.6) is 0 Å². The quantitative estimate of drug-likeness (QED) is 0.205. The molecule has 0 fully saturated rings. The maximum atomic E-state index is 11.9. The molecule has 0 aliphatic heterocycles. The summed E-state index contributed by atoms with van der Waals surface area (Å²) in [5, 5.41) is 30.0. The molecule has 0 radical (unpaired) electrons. The first-order chi connectivity index (χ1) is 10.6. The molecule has 0 aliphatic rings. The zero-order chi connectivity index (χ0) is 18.2. The SMILES string of the molecule is NC(=O)C[C@H](NC(=O)[C@@H](N)CO)C(=O)N[C@@H](CC(=O)O)C(=O)O. The number of aliphatic hydroxyl groups is 1. The van der Waals surface area contributed by atoms with Crippen LogP contribution in [0.1, 0.15) is 12.8 Å². The Morgan fingerprint density at radius 3 is 1.83 bits per heavy atom. The minimum atomic E-state index is -1.77. The minimum absolute atomic E-state index is 0.671. The molecule has 3 amide bonds. The molecular formula is C11H18N4O8. The molecule has 0 aromatic heterocycles. The second-order valence-corrected chi connectivity index (χ2v) is 4.52. The van der Waals surface area contributed by atoms with Crippen molar-refractivity contribution in [3.63, 3.8) is 0 Å². The van der Waals surface area contributed by atoms with E-state index < -0.39 is 67.2 Å². The average Bonchev–Trinajstić information content (AvgIpc) is 2.43. The van der Waals surface area contributed by atoms with Gasteiger partial charge in [-0.3, -0.25) is 19.2 Å². The fourth-order valence-corrected chi connectivity index (χ4v) is 1.42. The van der Waals surface area contributed by atoms with Gasteiger partial charge in [-0.15, -0.1) is 0 Å². The smallest absolute Gasteiger partial charge is 0.326 e. The number of nitrogens with two attached hydrogens (primary N) is 2. The Morgan fingerprint density at radius 1 is 0.913 bits per heavy atom. The molecule has 12 nitrogen and oxygen atoms in total. The summed E-state index contributed by atoms with van der Waals surface area (Å²) in [5.74, 6) is -6.17. The van der Waals surface area contributed by atoms with Crippen LogP contribution in [0, 0.1) is 0 Å². The number of amides is 3. The van der Waals surface area contributed by atoms with Gasteiger partial charge in [0.25, 0.3) is 0 Å². The lowest BCUT2D eigenvalue weighted by molar-refractivity contribution is -0.147. The topological polar surface area (TPSA) is 222 Å². The number of nitrogens with one attached hydrogen (secondary N) is 2. The Balaban J connectivity index is 5.04. The first-order valence-corrected chi connectivity index (χ1v) is 6.28. The second-order valence-electron chi connectivity index (χ2n) is 4.52. The van der Waals surface area contributed by atoms with Crippen molar-refractivity contribution in [3.05, 3.63) is 0 Å². The molecule has 0 aromatic rings. The van der Waals surface area contributed by atoms with Crippen LogP contribution in [0.25, 0.3) is 0 Å². The number of rotatable bonds is 10. The van der Waals surface area contributed by atoms with E-state index in [9.17, 15) is 24.0 Å². The Bertz CT molecular complexity index is 494. The molecule has 0 bridgehead atoms. The van der Waals surface area contributed by atoms with Crippen LogP contribution in [0.4, 0.5) is 0 Å². The highest BCUT2D eigenvalue weighted by Gasteiger charge is 2.30. The standard InChI is InChI=1S/C11H18N4O8/c12-4(3-16)9(20)14-5(1-7(13)17)10(21)15-6(11(22)23)2-8(18)19/h4-6,16H,1-3,12H2,(H2,13,17)(H,14,20)(H,15,21)(H,18,19)(H,22,23)/t4-,5-,6-/m0/s1. The number of hydrogen-bond acceptors (Lipinski definition) is 7. The number of carbonyl (C=O) groups is 5. The molecule has 23 heavy (non-hydrogen) atoms. The predicted octanol–water partition coefficient (Wildman–Crippen LogP) is -4.29. The Hall–Kier alpha value is -2.73. The summed E-state index contributed by atoms with van der Waals surface area (Å²) >= 11 is 0. The fraction of sp³-hybridized carbons (Fsp3) is 0.545. The highest BCUT2D eigenvalue weighted by atomic mass is 16.4. The van der Waals surface area contributed by atoms with E-state index in [0.29, 0.717) is 0 Å². The van der Waals surface area contributed by atoms with Gasteiger partial charge in [0, 0.05) is 0 Å². The molecule has 0 unspecified atom stereocenters. The minimum Gasteiger partial charge on any atom is -0.481 e. The van der Waals surface area contributed by atoms with Crippen LogP contribution < -0.4 is 22.1 Å². The van der Waals surface area contributed by atoms with Crippen molar-refractivity contribution in [2.75, 3.05) is 6.61 Å². The summed E-state index contributed by atoms with van der Waals surface area (Å²) in [6.45, 7) is -0.729. The average molecular weight is 334 g/mol. The van der Waals surface area contributed by atoms with Crippen molar-refractivity contribution in [2.45, 2.75) is 31.0 Å². The van der Waals surface area contributed by atoms with Gasteiger partial charge in [0.15, 0.2) is 0 Å². The predicted molar refractivity (Wildman–Crippen MR) is 72.6 cm³/mol. The van der Waals surface area contributed by atoms with Crippen LogP contribution in [0.15, 0.2) is 0 Å². The monoisotopic (exact) mass is 334 g/mol. The highest BCUT2D eigenvalue weighted by molar-refractivity contribution is 5.95. The number of aliphatic carboxylic acids is 2. The normalized spacial score (nSPS) is 14.2. The van der Waals surface area contributed by atoms with E-state index in [-0.39, 0.29) is 0 Å². The molecule has 0 saturated heterocycles. The first kappa shape index (κ1) is 20.3. The lowest BCUT2D eigenvalue weighted by atomic mass is 10.1. The van der Waals surface area contributed by atoms with Gasteiger partial charge in [-0.2, -0.15) is 0 Å². The first-order valence-electron chi connectivity index (χ1n) is 6.28. The van der Waals surface area contributed by atoms with Gasteiger partial charge in [-0.1, -0.05) is 0 Å². The van der Waals surface area contributed by atoms with Gasteiger partial charge < -0.3 is 37.4 Å². The Labute approximate surface area is 129 Å². The number of primary amides is 1. The number of aliphatic hydroxyl groups excluding tert-OH is 1. The summed E-state index contributed by atoms with van der Waals surface area (Å²) < 4.78 is 0. The van der Waals surface area contributed by atoms with Crippen LogP contribution >= 0.6 is 0 Å². The number of carboxylic acids is 2. The largest absolute Gasteiger partial charge is 0.481 e. The van der Waals surface area contributed by atoms with Crippen molar-refractivity contribution in [2.24, 2.45) is 11.5 Å². The highest BCUT2D eigenvalue weighted by Crippen LogP contribution is 1.98. The van der Waals surface area contributed by atoms with Gasteiger partial charge in [-0.05, 0) is 0 Å². The van der Waals surface area contributed by atoms with Crippen LogP contribution in [-0.2, 0) is 24.0 Å². The number of hydrogen-bond donors (Lipinski definition) is 7. The van der Waals surface area contributed by atoms with E-state index in [4.69, 9.17) is 26.8 Å². The molecule has 9 N–H and O–H groups in total. The molecule has 0 saturated carbocycles. The van der Waals surface area contributed by atoms with E-state index in [1.807, 2.05) is 10.6 Å². The molecule has 0 rings (SSSR count). The van der Waals surface area contributed by atoms with Crippen LogP contribution in [0.3, 0.4) is 0 Å². The van der Waals surface area contributed by atoms with Gasteiger partial charge in [-0.25, -0.2) is 4.79 Å².